The van der Waals surface area contributed by atoms with Crippen LogP contribution >= 0.6 is 0 Å². The Kier molecular flexibility index (Phi) is 7.11. The molecule has 19 heavy (non-hydrogen) atoms. The number of nitrogens with one attached hydrogen (secondary N) is 1. The fourth-order valence-corrected chi connectivity index (χ4v) is 2.21. The van der Waals surface area contributed by atoms with Gasteiger partial charge in [-0.15, -0.1) is 0 Å². The van der Waals surface area contributed by atoms with Gasteiger partial charge < -0.3 is 10.1 Å². The first-order valence-electron chi connectivity index (χ1n) is 7.47. The van der Waals surface area contributed by atoms with Crippen LogP contribution in [0.3, 0.4) is 0 Å². The first-order valence-corrected chi connectivity index (χ1v) is 7.47. The zero-order chi connectivity index (χ0) is 14.3. The van der Waals surface area contributed by atoms with Crippen LogP contribution in [-0.4, -0.2) is 19.8 Å². The van der Waals surface area contributed by atoms with E-state index in [2.05, 4.69) is 57.3 Å². The predicted molar refractivity (Wildman–Crippen MR) is 82.7 cm³/mol. The molecular formula is C17H29NO. The van der Waals surface area contributed by atoms with Gasteiger partial charge >= 0.3 is 0 Å². The Balaban J connectivity index is 2.59. The van der Waals surface area contributed by atoms with Crippen molar-refractivity contribution in [2.24, 2.45) is 0 Å². The van der Waals surface area contributed by atoms with E-state index in [4.69, 9.17) is 4.74 Å². The van der Waals surface area contributed by atoms with Crippen molar-refractivity contribution in [3.8, 4) is 0 Å². The van der Waals surface area contributed by atoms with E-state index in [1.54, 1.807) is 0 Å². The van der Waals surface area contributed by atoms with Crippen molar-refractivity contribution in [3.63, 3.8) is 0 Å². The fourth-order valence-electron chi connectivity index (χ4n) is 2.21. The number of hydrogen-bond acceptors (Lipinski definition) is 2. The molecule has 2 nitrogen and oxygen atoms in total. The molecule has 0 aliphatic heterocycles. The summed E-state index contributed by atoms with van der Waals surface area (Å²) in [6.07, 6.45) is 2.65. The van der Waals surface area contributed by atoms with Crippen molar-refractivity contribution < 1.29 is 4.74 Å². The zero-order valence-electron chi connectivity index (χ0n) is 13.1. The van der Waals surface area contributed by atoms with Gasteiger partial charge in [-0.05, 0) is 37.4 Å². The normalized spacial score (nSPS) is 14.6. The van der Waals surface area contributed by atoms with Crippen molar-refractivity contribution in [2.45, 2.75) is 58.6 Å². The van der Waals surface area contributed by atoms with Gasteiger partial charge in [-0.3, -0.25) is 0 Å². The molecule has 0 saturated heterocycles. The highest BCUT2D eigenvalue weighted by atomic mass is 16.5. The third-order valence-electron chi connectivity index (χ3n) is 3.60. The van der Waals surface area contributed by atoms with E-state index in [1.807, 2.05) is 7.05 Å². The number of rotatable bonds is 8. The Morgan fingerprint density at radius 2 is 1.63 bits per heavy atom. The molecule has 0 aliphatic carbocycles. The first-order chi connectivity index (χ1) is 9.08. The minimum Gasteiger partial charge on any atom is -0.377 e. The average molecular weight is 263 g/mol. The molecule has 1 aromatic carbocycles. The van der Waals surface area contributed by atoms with Gasteiger partial charge in [0, 0.05) is 0 Å². The third kappa shape index (κ3) is 5.33. The van der Waals surface area contributed by atoms with Crippen LogP contribution in [0, 0.1) is 0 Å². The van der Waals surface area contributed by atoms with Gasteiger partial charge in [-0.25, -0.2) is 0 Å². The quantitative estimate of drug-likeness (QED) is 0.756. The molecule has 0 aliphatic rings. The highest BCUT2D eigenvalue weighted by Crippen LogP contribution is 2.19. The number of ether oxygens (including phenoxy) is 1. The Morgan fingerprint density at radius 3 is 2.11 bits per heavy atom. The molecule has 1 aromatic rings. The molecule has 2 unspecified atom stereocenters. The smallest absolute Gasteiger partial charge is 0.0665 e. The van der Waals surface area contributed by atoms with E-state index in [-0.39, 0.29) is 6.04 Å². The van der Waals surface area contributed by atoms with Crippen molar-refractivity contribution >= 4 is 0 Å². The van der Waals surface area contributed by atoms with Gasteiger partial charge in [0.1, 0.15) is 0 Å². The van der Waals surface area contributed by atoms with Gasteiger partial charge in [0.15, 0.2) is 0 Å². The molecule has 0 saturated carbocycles. The predicted octanol–water partition coefficient (Wildman–Crippen LogP) is 4.28. The summed E-state index contributed by atoms with van der Waals surface area (Å²) in [6, 6.07) is 9.15. The van der Waals surface area contributed by atoms with Crippen LogP contribution in [0.15, 0.2) is 24.3 Å². The van der Waals surface area contributed by atoms with Crippen molar-refractivity contribution in [1.29, 1.82) is 0 Å². The van der Waals surface area contributed by atoms with Crippen molar-refractivity contribution in [2.75, 3.05) is 13.7 Å². The van der Waals surface area contributed by atoms with Crippen LogP contribution in [0.2, 0.25) is 0 Å². The first kappa shape index (κ1) is 16.2. The fraction of sp³-hybridized carbons (Fsp3) is 0.647. The van der Waals surface area contributed by atoms with E-state index < -0.39 is 0 Å². The van der Waals surface area contributed by atoms with Gasteiger partial charge in [0.05, 0.1) is 18.8 Å². The lowest BCUT2D eigenvalue weighted by Gasteiger charge is -2.20. The summed E-state index contributed by atoms with van der Waals surface area (Å²) in [6.45, 7) is 9.52. The number of likely N-dealkylation sites (N-methyl/N-ethyl adjacent to an activating group) is 1. The maximum Gasteiger partial charge on any atom is 0.0665 e. The minimum absolute atomic E-state index is 0.278. The monoisotopic (exact) mass is 263 g/mol. The Bertz CT molecular complexity index is 345. The second-order valence-corrected chi connectivity index (χ2v) is 5.60. The summed E-state index contributed by atoms with van der Waals surface area (Å²) in [5, 5.41) is 3.34. The molecule has 0 heterocycles. The molecule has 0 spiro atoms. The van der Waals surface area contributed by atoms with Gasteiger partial charge in [0.2, 0.25) is 0 Å². The molecule has 0 aromatic heterocycles. The van der Waals surface area contributed by atoms with E-state index >= 15 is 0 Å². The summed E-state index contributed by atoms with van der Waals surface area (Å²) in [5.41, 5.74) is 2.69. The summed E-state index contributed by atoms with van der Waals surface area (Å²) < 4.78 is 5.91. The largest absolute Gasteiger partial charge is 0.377 e. The molecule has 0 amide bonds. The van der Waals surface area contributed by atoms with Crippen LogP contribution in [0.25, 0.3) is 0 Å². The number of benzene rings is 1. The summed E-state index contributed by atoms with van der Waals surface area (Å²) in [5.74, 6) is 0.586. The molecule has 0 fully saturated rings. The summed E-state index contributed by atoms with van der Waals surface area (Å²) in [4.78, 5) is 0. The van der Waals surface area contributed by atoms with Gasteiger partial charge in [-0.2, -0.15) is 0 Å². The molecular weight excluding hydrogens is 234 g/mol. The van der Waals surface area contributed by atoms with Crippen molar-refractivity contribution in [1.82, 2.24) is 5.32 Å². The van der Waals surface area contributed by atoms with Crippen LogP contribution in [0.1, 0.15) is 63.6 Å². The summed E-state index contributed by atoms with van der Waals surface area (Å²) >= 11 is 0. The average Bonchev–Trinajstić information content (AvgIpc) is 2.40. The Labute approximate surface area is 118 Å². The van der Waals surface area contributed by atoms with E-state index in [9.17, 15) is 0 Å². The van der Waals surface area contributed by atoms with Crippen LogP contribution in [0.4, 0.5) is 0 Å². The molecule has 2 heteroatoms. The SMILES string of the molecule is CCCC(C)OCC(NC)c1ccc(C(C)C)cc1. The second-order valence-electron chi connectivity index (χ2n) is 5.60. The molecule has 1 N–H and O–H groups in total. The van der Waals surface area contributed by atoms with E-state index in [0.717, 1.165) is 13.0 Å². The Hall–Kier alpha value is -0.860. The molecule has 2 atom stereocenters. The third-order valence-corrected chi connectivity index (χ3v) is 3.60. The highest BCUT2D eigenvalue weighted by molar-refractivity contribution is 5.26. The zero-order valence-corrected chi connectivity index (χ0v) is 13.1. The van der Waals surface area contributed by atoms with Gasteiger partial charge in [0.25, 0.3) is 0 Å². The van der Waals surface area contributed by atoms with E-state index in [0.29, 0.717) is 12.0 Å². The maximum atomic E-state index is 5.91. The van der Waals surface area contributed by atoms with Gasteiger partial charge in [-0.1, -0.05) is 51.5 Å². The molecule has 1 rings (SSSR count). The highest BCUT2D eigenvalue weighted by Gasteiger charge is 2.11. The maximum absolute atomic E-state index is 5.91. The second kappa shape index (κ2) is 8.34. The lowest BCUT2D eigenvalue weighted by molar-refractivity contribution is 0.0453. The lowest BCUT2D eigenvalue weighted by atomic mass is 9.99. The van der Waals surface area contributed by atoms with Crippen LogP contribution in [-0.2, 0) is 4.74 Å². The van der Waals surface area contributed by atoms with Crippen LogP contribution < -0.4 is 5.32 Å². The molecule has 0 bridgehead atoms. The topological polar surface area (TPSA) is 21.3 Å². The Morgan fingerprint density at radius 1 is 1.05 bits per heavy atom. The lowest BCUT2D eigenvalue weighted by Crippen LogP contribution is -2.24. The van der Waals surface area contributed by atoms with Crippen molar-refractivity contribution in [3.05, 3.63) is 35.4 Å². The minimum atomic E-state index is 0.278. The van der Waals surface area contributed by atoms with E-state index in [1.165, 1.54) is 17.5 Å². The van der Waals surface area contributed by atoms with Crippen LogP contribution in [0.5, 0.6) is 0 Å². The number of hydrogen-bond donors (Lipinski definition) is 1. The molecule has 108 valence electrons. The molecule has 0 radical (unpaired) electrons. The summed E-state index contributed by atoms with van der Waals surface area (Å²) in [7, 11) is 1.99. The standard InChI is InChI=1S/C17H29NO/c1-6-7-14(4)19-12-17(18-5)16-10-8-15(9-11-16)13(2)3/h8-11,13-14,17-18H,6-7,12H2,1-5H3.